The van der Waals surface area contributed by atoms with Crippen molar-refractivity contribution < 1.29 is 19.0 Å². The number of esters is 1. The summed E-state index contributed by atoms with van der Waals surface area (Å²) >= 11 is 1.36. The first-order valence-corrected chi connectivity index (χ1v) is 8.27. The topological polar surface area (TPSA) is 79.1 Å². The molecule has 1 aromatic carbocycles. The lowest BCUT2D eigenvalue weighted by atomic mass is 10.2. The molecule has 0 saturated heterocycles. The second-order valence-electron chi connectivity index (χ2n) is 5.23. The molecule has 0 aliphatic heterocycles. The van der Waals surface area contributed by atoms with Gasteiger partial charge in [0, 0.05) is 17.1 Å². The minimum absolute atomic E-state index is 0.0874. The number of aromatic nitrogens is 2. The molecule has 3 aromatic rings. The van der Waals surface area contributed by atoms with Gasteiger partial charge in [0.15, 0.2) is 16.5 Å². The standard InChI is InChI=1S/C17H16N2O5S/c1-10-9-25-17-18-12(7-15(20)19(10)17)8-24-16(21)11-4-5-13(22-2)14(6-11)23-3/h4-7,9H,8H2,1-3H3. The maximum atomic E-state index is 12.2. The van der Waals surface area contributed by atoms with Gasteiger partial charge in [-0.15, -0.1) is 11.3 Å². The van der Waals surface area contributed by atoms with E-state index in [-0.39, 0.29) is 12.2 Å². The summed E-state index contributed by atoms with van der Waals surface area (Å²) in [5.41, 5.74) is 1.36. The molecule has 0 aliphatic carbocycles. The molecule has 130 valence electrons. The van der Waals surface area contributed by atoms with E-state index >= 15 is 0 Å². The molecule has 0 fully saturated rings. The predicted molar refractivity (Wildman–Crippen MR) is 92.7 cm³/mol. The van der Waals surface area contributed by atoms with Crippen LogP contribution in [0, 0.1) is 6.92 Å². The van der Waals surface area contributed by atoms with Crippen LogP contribution in [0.25, 0.3) is 4.96 Å². The first kappa shape index (κ1) is 17.0. The zero-order chi connectivity index (χ0) is 18.0. The molecule has 25 heavy (non-hydrogen) atoms. The van der Waals surface area contributed by atoms with E-state index in [0.29, 0.717) is 27.7 Å². The van der Waals surface area contributed by atoms with Gasteiger partial charge in [0.2, 0.25) is 0 Å². The van der Waals surface area contributed by atoms with Crippen LogP contribution in [0.3, 0.4) is 0 Å². The van der Waals surface area contributed by atoms with Gasteiger partial charge in [0.05, 0.1) is 25.5 Å². The Morgan fingerprint density at radius 3 is 2.68 bits per heavy atom. The number of fused-ring (bicyclic) bond motifs is 1. The maximum absolute atomic E-state index is 12.2. The van der Waals surface area contributed by atoms with Gasteiger partial charge >= 0.3 is 5.97 Å². The molecule has 0 unspecified atom stereocenters. The summed E-state index contributed by atoms with van der Waals surface area (Å²) in [5.74, 6) is 0.418. The normalized spacial score (nSPS) is 10.7. The zero-order valence-electron chi connectivity index (χ0n) is 13.9. The van der Waals surface area contributed by atoms with Gasteiger partial charge in [0.1, 0.15) is 6.61 Å². The monoisotopic (exact) mass is 360 g/mol. The molecular formula is C17H16N2O5S. The maximum Gasteiger partial charge on any atom is 0.338 e. The summed E-state index contributed by atoms with van der Waals surface area (Å²) in [4.78, 5) is 29.2. The molecule has 0 atom stereocenters. The Labute approximate surface area is 147 Å². The number of aryl methyl sites for hydroxylation is 1. The van der Waals surface area contributed by atoms with Crippen LogP contribution in [-0.4, -0.2) is 29.6 Å². The number of carbonyl (C=O) groups excluding carboxylic acids is 1. The number of thiazole rings is 1. The van der Waals surface area contributed by atoms with Crippen LogP contribution in [-0.2, 0) is 11.3 Å². The molecule has 0 aliphatic rings. The Morgan fingerprint density at radius 2 is 1.96 bits per heavy atom. The third-order valence-corrected chi connectivity index (χ3v) is 4.54. The van der Waals surface area contributed by atoms with E-state index < -0.39 is 5.97 Å². The van der Waals surface area contributed by atoms with Crippen LogP contribution < -0.4 is 15.0 Å². The summed E-state index contributed by atoms with van der Waals surface area (Å²) < 4.78 is 17.1. The minimum Gasteiger partial charge on any atom is -0.493 e. The van der Waals surface area contributed by atoms with Crippen LogP contribution in [0.4, 0.5) is 0 Å². The van der Waals surface area contributed by atoms with Crippen LogP contribution in [0.1, 0.15) is 21.7 Å². The van der Waals surface area contributed by atoms with Crippen molar-refractivity contribution in [3.63, 3.8) is 0 Å². The highest BCUT2D eigenvalue weighted by molar-refractivity contribution is 7.15. The highest BCUT2D eigenvalue weighted by atomic mass is 32.1. The molecule has 2 heterocycles. The number of methoxy groups -OCH3 is 2. The first-order valence-electron chi connectivity index (χ1n) is 7.39. The van der Waals surface area contributed by atoms with E-state index in [2.05, 4.69) is 4.98 Å². The van der Waals surface area contributed by atoms with E-state index in [4.69, 9.17) is 14.2 Å². The van der Waals surface area contributed by atoms with Crippen molar-refractivity contribution in [2.75, 3.05) is 14.2 Å². The van der Waals surface area contributed by atoms with Crippen molar-refractivity contribution in [2.45, 2.75) is 13.5 Å². The van der Waals surface area contributed by atoms with E-state index in [0.717, 1.165) is 5.69 Å². The summed E-state index contributed by atoms with van der Waals surface area (Å²) in [6, 6.07) is 6.11. The van der Waals surface area contributed by atoms with Crippen LogP contribution in [0.15, 0.2) is 34.4 Å². The van der Waals surface area contributed by atoms with Gasteiger partial charge in [0.25, 0.3) is 5.56 Å². The van der Waals surface area contributed by atoms with Crippen LogP contribution >= 0.6 is 11.3 Å². The molecule has 2 aromatic heterocycles. The third kappa shape index (κ3) is 3.34. The number of rotatable bonds is 5. The molecule has 0 radical (unpaired) electrons. The molecule has 8 heteroatoms. The van der Waals surface area contributed by atoms with Gasteiger partial charge in [-0.1, -0.05) is 0 Å². The molecular weight excluding hydrogens is 344 g/mol. The van der Waals surface area contributed by atoms with Crippen LogP contribution in [0.5, 0.6) is 11.5 Å². The van der Waals surface area contributed by atoms with Gasteiger partial charge < -0.3 is 14.2 Å². The number of nitrogens with zero attached hydrogens (tertiary/aromatic N) is 2. The fourth-order valence-electron chi connectivity index (χ4n) is 2.36. The molecule has 0 amide bonds. The van der Waals surface area contributed by atoms with Crippen molar-refractivity contribution in [3.8, 4) is 11.5 Å². The number of ether oxygens (including phenoxy) is 3. The highest BCUT2D eigenvalue weighted by Gasteiger charge is 2.13. The lowest BCUT2D eigenvalue weighted by molar-refractivity contribution is 0.0467. The average molecular weight is 360 g/mol. The summed E-state index contributed by atoms with van der Waals surface area (Å²) in [6.45, 7) is 1.75. The second kappa shape index (κ2) is 6.94. The van der Waals surface area contributed by atoms with Gasteiger partial charge in [-0.2, -0.15) is 0 Å². The highest BCUT2D eigenvalue weighted by Crippen LogP contribution is 2.27. The quantitative estimate of drug-likeness (QED) is 0.650. The lowest BCUT2D eigenvalue weighted by Crippen LogP contribution is -2.16. The molecule has 7 nitrogen and oxygen atoms in total. The predicted octanol–water partition coefficient (Wildman–Crippen LogP) is 2.44. The average Bonchev–Trinajstić information content (AvgIpc) is 3.00. The number of carbonyl (C=O) groups is 1. The Kier molecular flexibility index (Phi) is 4.71. The summed E-state index contributed by atoms with van der Waals surface area (Å²) in [5, 5.41) is 1.85. The number of hydrogen-bond acceptors (Lipinski definition) is 7. The largest absolute Gasteiger partial charge is 0.493 e. The van der Waals surface area contributed by atoms with Gasteiger partial charge in [-0.05, 0) is 25.1 Å². The van der Waals surface area contributed by atoms with Crippen molar-refractivity contribution in [3.05, 3.63) is 57.0 Å². The smallest absolute Gasteiger partial charge is 0.338 e. The Morgan fingerprint density at radius 1 is 1.20 bits per heavy atom. The van der Waals surface area contributed by atoms with Crippen molar-refractivity contribution in [1.82, 2.24) is 9.38 Å². The van der Waals surface area contributed by atoms with E-state index in [9.17, 15) is 9.59 Å². The third-order valence-electron chi connectivity index (χ3n) is 3.60. The summed E-state index contributed by atoms with van der Waals surface area (Å²) in [7, 11) is 3.00. The van der Waals surface area contributed by atoms with Crippen molar-refractivity contribution in [1.29, 1.82) is 0 Å². The van der Waals surface area contributed by atoms with Crippen molar-refractivity contribution in [2.24, 2.45) is 0 Å². The molecule has 0 saturated carbocycles. The molecule has 3 rings (SSSR count). The fraction of sp³-hybridized carbons (Fsp3) is 0.235. The lowest BCUT2D eigenvalue weighted by Gasteiger charge is -2.09. The Hall–Kier alpha value is -2.87. The SMILES string of the molecule is COc1ccc(C(=O)OCc2cc(=O)n3c(C)csc3n2)cc1OC. The fourth-order valence-corrected chi connectivity index (χ4v) is 3.25. The van der Waals surface area contributed by atoms with E-state index in [1.54, 1.807) is 12.1 Å². The molecule has 0 bridgehead atoms. The number of hydrogen-bond donors (Lipinski definition) is 0. The van der Waals surface area contributed by atoms with Gasteiger partial charge in [-0.25, -0.2) is 9.78 Å². The van der Waals surface area contributed by atoms with Gasteiger partial charge in [-0.3, -0.25) is 9.20 Å². The minimum atomic E-state index is -0.537. The van der Waals surface area contributed by atoms with Crippen LogP contribution in [0.2, 0.25) is 0 Å². The van der Waals surface area contributed by atoms with E-state index in [1.165, 1.54) is 42.1 Å². The molecule has 0 spiro atoms. The summed E-state index contributed by atoms with van der Waals surface area (Å²) in [6.07, 6.45) is 0. The number of benzene rings is 1. The second-order valence-corrected chi connectivity index (χ2v) is 6.06. The van der Waals surface area contributed by atoms with E-state index in [1.807, 2.05) is 12.3 Å². The van der Waals surface area contributed by atoms with Crippen molar-refractivity contribution >= 4 is 22.3 Å². The Balaban J connectivity index is 1.77. The molecule has 0 N–H and O–H groups in total. The first-order chi connectivity index (χ1) is 12.0. The zero-order valence-corrected chi connectivity index (χ0v) is 14.8. The Bertz CT molecular complexity index is 992.